The Labute approximate surface area is 216 Å². The molecule has 1 aliphatic rings. The summed E-state index contributed by atoms with van der Waals surface area (Å²) in [6.45, 7) is 3.34. The van der Waals surface area contributed by atoms with E-state index in [4.69, 9.17) is 33.7 Å². The van der Waals surface area contributed by atoms with E-state index in [1.165, 1.54) is 5.56 Å². The second kappa shape index (κ2) is 12.3. The predicted molar refractivity (Wildman–Crippen MR) is 143 cm³/mol. The number of nitrogens with zero attached hydrogens (tertiary/aromatic N) is 2. The van der Waals surface area contributed by atoms with Gasteiger partial charge in [-0.3, -0.25) is 10.1 Å². The van der Waals surface area contributed by atoms with E-state index in [0.29, 0.717) is 55.9 Å². The highest BCUT2D eigenvalue weighted by Gasteiger charge is 2.30. The van der Waals surface area contributed by atoms with Crippen molar-refractivity contribution >= 4 is 40.5 Å². The molecule has 1 fully saturated rings. The number of piperazine rings is 1. The molecule has 6 nitrogen and oxygen atoms in total. The maximum absolute atomic E-state index is 13.2. The molecule has 0 bridgehead atoms. The van der Waals surface area contributed by atoms with E-state index in [2.05, 4.69) is 22.3 Å². The average molecular weight is 513 g/mol. The molecule has 8 heteroatoms. The topological polar surface area (TPSA) is 70.8 Å². The highest BCUT2D eigenvalue weighted by Crippen LogP contribution is 2.26. The van der Waals surface area contributed by atoms with Gasteiger partial charge in [0.15, 0.2) is 0 Å². The molecule has 3 aromatic rings. The normalized spacial score (nSPS) is 15.9. The molecule has 1 aliphatic heterocycles. The summed E-state index contributed by atoms with van der Waals surface area (Å²) in [5, 5.41) is 4.57. The van der Waals surface area contributed by atoms with Gasteiger partial charge in [-0.15, -0.1) is 0 Å². The third-order valence-electron chi connectivity index (χ3n) is 6.08. The second-order valence-electron chi connectivity index (χ2n) is 8.53. The van der Waals surface area contributed by atoms with Crippen LogP contribution in [0.3, 0.4) is 0 Å². The lowest BCUT2D eigenvalue weighted by Crippen LogP contribution is -2.60. The molecule has 35 heavy (non-hydrogen) atoms. The molecule has 1 saturated heterocycles. The summed E-state index contributed by atoms with van der Waals surface area (Å²) in [6, 6.07) is 23.4. The molecule has 184 valence electrons. The number of ether oxygens (including phenoxy) is 1. The molecule has 0 spiro atoms. The fourth-order valence-electron chi connectivity index (χ4n) is 4.20. The van der Waals surface area contributed by atoms with Gasteiger partial charge in [-0.2, -0.15) is 0 Å². The highest BCUT2D eigenvalue weighted by atomic mass is 35.5. The van der Waals surface area contributed by atoms with Crippen molar-refractivity contribution in [2.24, 2.45) is 0 Å². The van der Waals surface area contributed by atoms with Gasteiger partial charge in [0.1, 0.15) is 6.17 Å². The Bertz CT molecular complexity index is 1130. The lowest BCUT2D eigenvalue weighted by Gasteiger charge is -2.43. The number of halogens is 2. The molecule has 0 saturated carbocycles. The molecular weight excluding hydrogens is 483 g/mol. The van der Waals surface area contributed by atoms with E-state index < -0.39 is 0 Å². The van der Waals surface area contributed by atoms with Crippen LogP contribution in [-0.4, -0.2) is 43.2 Å². The number of carbonyl (C=O) groups excluding carboxylic acids is 1. The van der Waals surface area contributed by atoms with E-state index in [1.807, 2.05) is 53.4 Å². The number of nitrogens with one attached hydrogen (secondary N) is 1. The number of benzene rings is 3. The van der Waals surface area contributed by atoms with Gasteiger partial charge < -0.3 is 20.3 Å². The molecule has 0 radical (unpaired) electrons. The molecule has 3 aromatic carbocycles. The van der Waals surface area contributed by atoms with Gasteiger partial charge in [-0.1, -0.05) is 71.7 Å². The molecular formula is C27H30Cl2N4O2. The Balaban J connectivity index is 1.36. The monoisotopic (exact) mass is 512 g/mol. The van der Waals surface area contributed by atoms with Gasteiger partial charge in [0.05, 0.1) is 47.6 Å². The van der Waals surface area contributed by atoms with Crippen molar-refractivity contribution in [3.63, 3.8) is 0 Å². The van der Waals surface area contributed by atoms with E-state index in [-0.39, 0.29) is 12.1 Å². The minimum Gasteiger partial charge on any atom is -0.397 e. The number of nitrogen functional groups attached to an aromatic ring is 1. The summed E-state index contributed by atoms with van der Waals surface area (Å²) >= 11 is 12.0. The van der Waals surface area contributed by atoms with Crippen molar-refractivity contribution in [1.82, 2.24) is 10.2 Å². The Morgan fingerprint density at radius 3 is 2.51 bits per heavy atom. The molecule has 1 atom stereocenters. The third kappa shape index (κ3) is 6.89. The molecule has 0 aliphatic carbocycles. The molecule has 1 unspecified atom stereocenters. The van der Waals surface area contributed by atoms with Crippen LogP contribution in [0.2, 0.25) is 10.0 Å². The van der Waals surface area contributed by atoms with Crippen LogP contribution < -0.4 is 16.0 Å². The summed E-state index contributed by atoms with van der Waals surface area (Å²) in [5.41, 5.74) is 10.1. The smallest absolute Gasteiger partial charge is 0.226 e. The number of amides is 1. The SMILES string of the molecule is Nc1ccccc1N1CCN(C(=O)CCOCc2ccc(Cl)c(Cl)c2)C(NCc2ccccc2)C1. The van der Waals surface area contributed by atoms with Crippen molar-refractivity contribution in [3.8, 4) is 0 Å². The van der Waals surface area contributed by atoms with E-state index in [9.17, 15) is 4.79 Å². The van der Waals surface area contributed by atoms with Gasteiger partial charge in [0.25, 0.3) is 0 Å². The van der Waals surface area contributed by atoms with Crippen molar-refractivity contribution in [3.05, 3.63) is 94.0 Å². The number of hydrogen-bond acceptors (Lipinski definition) is 5. The Kier molecular flexibility index (Phi) is 8.88. The lowest BCUT2D eigenvalue weighted by atomic mass is 10.1. The van der Waals surface area contributed by atoms with Crippen molar-refractivity contribution in [2.75, 3.05) is 36.9 Å². The predicted octanol–water partition coefficient (Wildman–Crippen LogP) is 4.95. The number of rotatable bonds is 9. The third-order valence-corrected chi connectivity index (χ3v) is 6.81. The summed E-state index contributed by atoms with van der Waals surface area (Å²) in [4.78, 5) is 17.3. The molecule has 3 N–H and O–H groups in total. The van der Waals surface area contributed by atoms with Crippen LogP contribution in [0.1, 0.15) is 17.5 Å². The fraction of sp³-hybridized carbons (Fsp3) is 0.296. The Morgan fingerprint density at radius 1 is 0.971 bits per heavy atom. The van der Waals surface area contributed by atoms with Crippen LogP contribution in [0.15, 0.2) is 72.8 Å². The first-order valence-corrected chi connectivity index (χ1v) is 12.4. The minimum absolute atomic E-state index is 0.0605. The second-order valence-corrected chi connectivity index (χ2v) is 9.34. The zero-order chi connectivity index (χ0) is 24.6. The summed E-state index contributed by atoms with van der Waals surface area (Å²) < 4.78 is 5.75. The lowest BCUT2D eigenvalue weighted by molar-refractivity contribution is -0.136. The van der Waals surface area contributed by atoms with Gasteiger partial charge in [0.2, 0.25) is 5.91 Å². The van der Waals surface area contributed by atoms with Crippen LogP contribution in [-0.2, 0) is 22.7 Å². The first kappa shape index (κ1) is 25.3. The van der Waals surface area contributed by atoms with Crippen molar-refractivity contribution in [2.45, 2.75) is 25.7 Å². The largest absolute Gasteiger partial charge is 0.397 e. The van der Waals surface area contributed by atoms with E-state index in [1.54, 1.807) is 12.1 Å². The average Bonchev–Trinajstić information content (AvgIpc) is 2.88. The van der Waals surface area contributed by atoms with Crippen molar-refractivity contribution < 1.29 is 9.53 Å². The number of anilines is 2. The fourth-order valence-corrected chi connectivity index (χ4v) is 4.53. The first-order chi connectivity index (χ1) is 17.0. The van der Waals surface area contributed by atoms with Gasteiger partial charge in [0, 0.05) is 19.6 Å². The standard InChI is InChI=1S/C27H30Cl2N4O2/c28-22-11-10-21(16-23(22)29)19-35-15-12-27(34)33-14-13-32(25-9-5-4-8-24(25)30)18-26(33)31-17-20-6-2-1-3-7-20/h1-11,16,26,31H,12-15,17-19,30H2. The van der Waals surface area contributed by atoms with Crippen LogP contribution in [0, 0.1) is 0 Å². The number of carbonyl (C=O) groups is 1. The summed E-state index contributed by atoms with van der Waals surface area (Å²) in [5.74, 6) is 0.0605. The molecule has 1 heterocycles. The summed E-state index contributed by atoms with van der Waals surface area (Å²) in [7, 11) is 0. The zero-order valence-corrected chi connectivity index (χ0v) is 21.0. The highest BCUT2D eigenvalue weighted by molar-refractivity contribution is 6.42. The van der Waals surface area contributed by atoms with Crippen LogP contribution in [0.4, 0.5) is 11.4 Å². The maximum atomic E-state index is 13.2. The van der Waals surface area contributed by atoms with Crippen LogP contribution in [0.5, 0.6) is 0 Å². The van der Waals surface area contributed by atoms with E-state index in [0.717, 1.165) is 16.9 Å². The summed E-state index contributed by atoms with van der Waals surface area (Å²) in [6.07, 6.45) is 0.157. The molecule has 4 rings (SSSR count). The van der Waals surface area contributed by atoms with Gasteiger partial charge in [-0.25, -0.2) is 0 Å². The first-order valence-electron chi connectivity index (χ1n) is 11.7. The number of para-hydroxylation sites is 2. The molecule has 1 amide bonds. The molecule has 0 aromatic heterocycles. The maximum Gasteiger partial charge on any atom is 0.226 e. The minimum atomic E-state index is -0.147. The number of hydrogen-bond donors (Lipinski definition) is 2. The quantitative estimate of drug-likeness (QED) is 0.313. The number of nitrogens with two attached hydrogens (primary N) is 1. The van der Waals surface area contributed by atoms with Crippen molar-refractivity contribution in [1.29, 1.82) is 0 Å². The van der Waals surface area contributed by atoms with Gasteiger partial charge in [-0.05, 0) is 35.4 Å². The Morgan fingerprint density at radius 2 is 1.74 bits per heavy atom. The zero-order valence-electron chi connectivity index (χ0n) is 19.5. The van der Waals surface area contributed by atoms with Gasteiger partial charge >= 0.3 is 0 Å². The van der Waals surface area contributed by atoms with Crippen LogP contribution in [0.25, 0.3) is 0 Å². The Hall–Kier alpha value is -2.77. The van der Waals surface area contributed by atoms with Crippen LogP contribution >= 0.6 is 23.2 Å². The van der Waals surface area contributed by atoms with E-state index >= 15 is 0 Å².